The van der Waals surface area contributed by atoms with Gasteiger partial charge in [0.25, 0.3) is 5.91 Å². The number of anilines is 1. The molecule has 0 aromatic heterocycles. The third kappa shape index (κ3) is 6.46. The minimum atomic E-state index is -3.82. The summed E-state index contributed by atoms with van der Waals surface area (Å²) in [6, 6.07) is 20.4. The molecule has 0 saturated heterocycles. The summed E-state index contributed by atoms with van der Waals surface area (Å²) in [6.07, 6.45) is 6.36. The number of carbonyl (C=O) groups excluding carboxylic acids is 1. The van der Waals surface area contributed by atoms with Gasteiger partial charge >= 0.3 is 0 Å². The van der Waals surface area contributed by atoms with E-state index in [1.165, 1.54) is 35.9 Å². The molecule has 3 aromatic carbocycles. The Morgan fingerprint density at radius 1 is 0.972 bits per heavy atom. The number of benzene rings is 3. The quantitative estimate of drug-likeness (QED) is 0.322. The molecule has 0 spiro atoms. The predicted octanol–water partition coefficient (Wildman–Crippen LogP) is 6.25. The largest absolute Gasteiger partial charge is 0.506 e. The van der Waals surface area contributed by atoms with E-state index in [0.717, 1.165) is 38.5 Å². The van der Waals surface area contributed by atoms with Crippen molar-refractivity contribution in [2.75, 3.05) is 11.9 Å². The summed E-state index contributed by atoms with van der Waals surface area (Å²) in [6.45, 7) is 0.425. The second-order valence-corrected chi connectivity index (χ2v) is 11.5. The van der Waals surface area contributed by atoms with Gasteiger partial charge in [-0.2, -0.15) is 4.31 Å². The summed E-state index contributed by atoms with van der Waals surface area (Å²) in [5, 5.41) is 13.0. The molecule has 0 heterocycles. The number of amides is 1. The zero-order valence-electron chi connectivity index (χ0n) is 20.1. The number of halogens is 1. The van der Waals surface area contributed by atoms with Gasteiger partial charge < -0.3 is 10.4 Å². The molecular formula is C28H31ClN2O4S. The molecule has 3 aromatic rings. The van der Waals surface area contributed by atoms with Crippen LogP contribution in [0.3, 0.4) is 0 Å². The van der Waals surface area contributed by atoms with Gasteiger partial charge in [-0.1, -0.05) is 67.3 Å². The number of phenolic OH excluding ortho intramolecular Hbond substituents is 1. The van der Waals surface area contributed by atoms with Gasteiger partial charge in [-0.15, -0.1) is 0 Å². The molecule has 1 saturated carbocycles. The normalized spacial score (nSPS) is 14.6. The van der Waals surface area contributed by atoms with Gasteiger partial charge in [0.1, 0.15) is 5.75 Å². The topological polar surface area (TPSA) is 86.7 Å². The molecule has 190 valence electrons. The van der Waals surface area contributed by atoms with Crippen LogP contribution in [0.1, 0.15) is 54.4 Å². The lowest BCUT2D eigenvalue weighted by atomic mass is 9.95. The van der Waals surface area contributed by atoms with Crippen molar-refractivity contribution in [1.29, 1.82) is 0 Å². The predicted molar refractivity (Wildman–Crippen MR) is 143 cm³/mol. The van der Waals surface area contributed by atoms with Crippen molar-refractivity contribution < 1.29 is 18.3 Å². The van der Waals surface area contributed by atoms with Crippen LogP contribution in [0, 0.1) is 0 Å². The van der Waals surface area contributed by atoms with Crippen molar-refractivity contribution in [3.05, 3.63) is 88.9 Å². The minimum absolute atomic E-state index is 0.0413. The molecular weight excluding hydrogens is 496 g/mol. The lowest BCUT2D eigenvalue weighted by Gasteiger charge is -2.33. The van der Waals surface area contributed by atoms with E-state index in [-0.39, 0.29) is 27.9 Å². The number of nitrogens with zero attached hydrogens (tertiary/aromatic N) is 1. The molecule has 0 aliphatic heterocycles. The molecule has 0 radical (unpaired) electrons. The van der Waals surface area contributed by atoms with E-state index in [1.54, 1.807) is 16.4 Å². The molecule has 0 unspecified atom stereocenters. The molecule has 2 N–H and O–H groups in total. The highest BCUT2D eigenvalue weighted by atomic mass is 35.5. The fraction of sp³-hybridized carbons (Fsp3) is 0.321. The first-order valence-electron chi connectivity index (χ1n) is 12.3. The van der Waals surface area contributed by atoms with Crippen LogP contribution in [-0.4, -0.2) is 36.3 Å². The third-order valence-electron chi connectivity index (χ3n) is 6.58. The second kappa shape index (κ2) is 11.9. The number of hydrogen-bond donors (Lipinski definition) is 2. The number of sulfonamides is 1. The SMILES string of the molecule is O=C(Nc1cc(Cl)ccc1O)c1cccc(S(=O)(=O)N(CCCc2ccccc2)C2CCCCC2)c1. The average Bonchev–Trinajstić information content (AvgIpc) is 2.90. The Bertz CT molecular complexity index is 1290. The molecule has 1 aliphatic carbocycles. The monoisotopic (exact) mass is 526 g/mol. The maximum absolute atomic E-state index is 13.8. The van der Waals surface area contributed by atoms with Crippen molar-refractivity contribution in [2.45, 2.75) is 55.9 Å². The Morgan fingerprint density at radius 3 is 2.47 bits per heavy atom. The first kappa shape index (κ1) is 26.2. The number of phenols is 1. The van der Waals surface area contributed by atoms with Gasteiger partial charge in [0.15, 0.2) is 0 Å². The Labute approximate surface area is 218 Å². The van der Waals surface area contributed by atoms with Crippen molar-refractivity contribution in [3.63, 3.8) is 0 Å². The first-order chi connectivity index (χ1) is 17.3. The van der Waals surface area contributed by atoms with Gasteiger partial charge in [0, 0.05) is 23.2 Å². The van der Waals surface area contributed by atoms with Crippen LogP contribution >= 0.6 is 11.6 Å². The van der Waals surface area contributed by atoms with E-state index in [1.807, 2.05) is 18.2 Å². The standard InChI is InChI=1S/C28H31ClN2O4S/c29-23-16-17-27(32)26(20-23)30-28(33)22-12-7-15-25(19-22)36(34,35)31(24-13-5-2-6-14-24)18-8-11-21-9-3-1-4-10-21/h1,3-4,7,9-10,12,15-17,19-20,24,32H,2,5-6,8,11,13-14,18H2,(H,30,33). The lowest BCUT2D eigenvalue weighted by molar-refractivity contribution is 0.102. The number of aryl methyl sites for hydroxylation is 1. The second-order valence-electron chi connectivity index (χ2n) is 9.14. The van der Waals surface area contributed by atoms with Crippen molar-refractivity contribution in [1.82, 2.24) is 4.31 Å². The Kier molecular flexibility index (Phi) is 8.67. The smallest absolute Gasteiger partial charge is 0.255 e. The van der Waals surface area contributed by atoms with Gasteiger partial charge in [0.05, 0.1) is 10.6 Å². The number of nitrogens with one attached hydrogen (secondary N) is 1. The maximum Gasteiger partial charge on any atom is 0.255 e. The average molecular weight is 527 g/mol. The van der Waals surface area contributed by atoms with Gasteiger partial charge in [-0.3, -0.25) is 4.79 Å². The van der Waals surface area contributed by atoms with E-state index >= 15 is 0 Å². The van der Waals surface area contributed by atoms with Crippen LogP contribution in [0.5, 0.6) is 5.75 Å². The van der Waals surface area contributed by atoms with Crippen LogP contribution in [0.25, 0.3) is 0 Å². The van der Waals surface area contributed by atoms with Crippen molar-refractivity contribution in [3.8, 4) is 5.75 Å². The van der Waals surface area contributed by atoms with Crippen molar-refractivity contribution >= 4 is 33.2 Å². The van der Waals surface area contributed by atoms with E-state index in [2.05, 4.69) is 17.4 Å². The summed E-state index contributed by atoms with van der Waals surface area (Å²) in [7, 11) is -3.82. The fourth-order valence-electron chi connectivity index (χ4n) is 4.69. The molecule has 8 heteroatoms. The zero-order valence-corrected chi connectivity index (χ0v) is 21.6. The molecule has 4 rings (SSSR count). The highest BCUT2D eigenvalue weighted by Crippen LogP contribution is 2.30. The fourth-order valence-corrected chi connectivity index (χ4v) is 6.63. The van der Waals surface area contributed by atoms with Gasteiger partial charge in [0.2, 0.25) is 10.0 Å². The molecule has 6 nitrogen and oxygen atoms in total. The number of aromatic hydroxyl groups is 1. The summed E-state index contributed by atoms with van der Waals surface area (Å²) in [4.78, 5) is 13.0. The minimum Gasteiger partial charge on any atom is -0.506 e. The zero-order chi connectivity index (χ0) is 25.5. The van der Waals surface area contributed by atoms with E-state index in [9.17, 15) is 18.3 Å². The van der Waals surface area contributed by atoms with E-state index in [4.69, 9.17) is 11.6 Å². The molecule has 1 fully saturated rings. The molecule has 1 amide bonds. The van der Waals surface area contributed by atoms with Crippen LogP contribution in [0.2, 0.25) is 5.02 Å². The Balaban J connectivity index is 1.55. The maximum atomic E-state index is 13.8. The van der Waals surface area contributed by atoms with Gasteiger partial charge in [-0.05, 0) is 67.6 Å². The molecule has 0 bridgehead atoms. The first-order valence-corrected chi connectivity index (χ1v) is 14.1. The van der Waals surface area contributed by atoms with E-state index < -0.39 is 15.9 Å². The molecule has 0 atom stereocenters. The number of carbonyl (C=O) groups is 1. The molecule has 36 heavy (non-hydrogen) atoms. The van der Waals surface area contributed by atoms with Crippen LogP contribution < -0.4 is 5.32 Å². The summed E-state index contributed by atoms with van der Waals surface area (Å²) in [5.41, 5.74) is 1.52. The van der Waals surface area contributed by atoms with E-state index in [0.29, 0.717) is 18.0 Å². The van der Waals surface area contributed by atoms with Crippen LogP contribution in [-0.2, 0) is 16.4 Å². The summed E-state index contributed by atoms with van der Waals surface area (Å²) < 4.78 is 29.3. The highest BCUT2D eigenvalue weighted by Gasteiger charge is 2.32. The van der Waals surface area contributed by atoms with Crippen LogP contribution in [0.4, 0.5) is 5.69 Å². The lowest BCUT2D eigenvalue weighted by Crippen LogP contribution is -2.42. The number of hydrogen-bond acceptors (Lipinski definition) is 4. The Hall–Kier alpha value is -2.87. The van der Waals surface area contributed by atoms with Crippen molar-refractivity contribution in [2.24, 2.45) is 0 Å². The van der Waals surface area contributed by atoms with Gasteiger partial charge in [-0.25, -0.2) is 8.42 Å². The highest BCUT2D eigenvalue weighted by molar-refractivity contribution is 7.89. The summed E-state index contributed by atoms with van der Waals surface area (Å²) >= 11 is 5.97. The third-order valence-corrected chi connectivity index (χ3v) is 8.76. The van der Waals surface area contributed by atoms with Crippen LogP contribution in [0.15, 0.2) is 77.7 Å². The Morgan fingerprint density at radius 2 is 1.72 bits per heavy atom. The number of rotatable bonds is 9. The molecule has 1 aliphatic rings. The summed E-state index contributed by atoms with van der Waals surface area (Å²) in [5.74, 6) is -0.656.